The van der Waals surface area contributed by atoms with Crippen molar-refractivity contribution >= 4 is 33.1 Å². The fraction of sp³-hybridized carbons (Fsp3) is 0.400. The number of thiophene rings is 1. The van der Waals surface area contributed by atoms with Crippen molar-refractivity contribution in [1.82, 2.24) is 15.0 Å². The molecule has 0 radical (unpaired) electrons. The molecule has 1 aliphatic carbocycles. The predicted octanol–water partition coefficient (Wildman–Crippen LogP) is 3.30. The van der Waals surface area contributed by atoms with E-state index >= 15 is 0 Å². The first kappa shape index (κ1) is 17.9. The summed E-state index contributed by atoms with van der Waals surface area (Å²) in [4.78, 5) is 27.4. The van der Waals surface area contributed by atoms with Crippen LogP contribution >= 0.6 is 11.3 Å². The SMILES string of the molecule is Cc1cc(C)c(NC(=O)Cn2nnc3sc4c(c3c2=O)CCCC4)c(C)c1. The predicted molar refractivity (Wildman–Crippen MR) is 108 cm³/mol. The van der Waals surface area contributed by atoms with Gasteiger partial charge in [0, 0.05) is 10.6 Å². The molecule has 3 aromatic rings. The lowest BCUT2D eigenvalue weighted by atomic mass is 9.97. The molecule has 0 saturated carbocycles. The van der Waals surface area contributed by atoms with Gasteiger partial charge in [0.05, 0.1) is 5.39 Å². The molecule has 0 atom stereocenters. The van der Waals surface area contributed by atoms with Crippen LogP contribution < -0.4 is 10.9 Å². The normalized spacial score (nSPS) is 13.6. The van der Waals surface area contributed by atoms with Crippen LogP contribution in [0.25, 0.3) is 10.2 Å². The number of anilines is 1. The third-order valence-corrected chi connectivity index (χ3v) is 6.26. The second-order valence-electron chi connectivity index (χ2n) is 7.27. The fourth-order valence-corrected chi connectivity index (χ4v) is 5.10. The van der Waals surface area contributed by atoms with E-state index in [4.69, 9.17) is 0 Å². The summed E-state index contributed by atoms with van der Waals surface area (Å²) >= 11 is 1.56. The van der Waals surface area contributed by atoms with E-state index in [2.05, 4.69) is 15.6 Å². The second kappa shape index (κ2) is 6.88. The Hall–Kier alpha value is -2.54. The molecule has 1 amide bonds. The Bertz CT molecular complexity index is 1090. The number of carbonyl (C=O) groups excluding carboxylic acids is 1. The summed E-state index contributed by atoms with van der Waals surface area (Å²) in [6.45, 7) is 5.81. The Kier molecular flexibility index (Phi) is 4.55. The maximum atomic E-state index is 12.9. The average Bonchev–Trinajstić information content (AvgIpc) is 3.00. The van der Waals surface area contributed by atoms with Gasteiger partial charge in [-0.3, -0.25) is 9.59 Å². The van der Waals surface area contributed by atoms with Crippen LogP contribution in [-0.2, 0) is 24.2 Å². The third kappa shape index (κ3) is 3.27. The van der Waals surface area contributed by atoms with Crippen molar-refractivity contribution in [3.63, 3.8) is 0 Å². The lowest BCUT2D eigenvalue weighted by Crippen LogP contribution is -2.31. The molecule has 4 rings (SSSR count). The number of hydrogen-bond donors (Lipinski definition) is 1. The molecule has 0 bridgehead atoms. The third-order valence-electron chi connectivity index (χ3n) is 5.08. The molecule has 0 fully saturated rings. The summed E-state index contributed by atoms with van der Waals surface area (Å²) in [5.74, 6) is -0.273. The van der Waals surface area contributed by atoms with Crippen LogP contribution in [0.1, 0.15) is 40.0 Å². The van der Waals surface area contributed by atoms with Crippen molar-refractivity contribution in [2.24, 2.45) is 0 Å². The Morgan fingerprint density at radius 3 is 2.63 bits per heavy atom. The number of nitrogens with zero attached hydrogens (tertiary/aromatic N) is 3. The van der Waals surface area contributed by atoms with Gasteiger partial charge in [-0.25, -0.2) is 4.68 Å². The van der Waals surface area contributed by atoms with Crippen molar-refractivity contribution in [2.75, 3.05) is 5.32 Å². The standard InChI is InChI=1S/C20H22N4O2S/c1-11-8-12(2)18(13(3)9-11)21-16(25)10-24-20(26)17-14-6-4-5-7-15(14)27-19(17)22-23-24/h8-9H,4-7,10H2,1-3H3,(H,21,25). The number of rotatable bonds is 3. The lowest BCUT2D eigenvalue weighted by Gasteiger charge is -2.13. The van der Waals surface area contributed by atoms with Gasteiger partial charge < -0.3 is 5.32 Å². The molecule has 2 aromatic heterocycles. The first-order valence-corrected chi connectivity index (χ1v) is 10.0. The lowest BCUT2D eigenvalue weighted by molar-refractivity contribution is -0.117. The molecule has 7 heteroatoms. The molecule has 2 heterocycles. The van der Waals surface area contributed by atoms with Crippen LogP contribution in [0.5, 0.6) is 0 Å². The molecule has 1 aromatic carbocycles. The van der Waals surface area contributed by atoms with Crippen molar-refractivity contribution < 1.29 is 4.79 Å². The Morgan fingerprint density at radius 1 is 1.19 bits per heavy atom. The summed E-state index contributed by atoms with van der Waals surface area (Å²) in [6.07, 6.45) is 4.15. The minimum absolute atomic E-state index is 0.140. The first-order chi connectivity index (χ1) is 12.9. The minimum atomic E-state index is -0.273. The number of hydrogen-bond acceptors (Lipinski definition) is 5. The highest BCUT2D eigenvalue weighted by Crippen LogP contribution is 2.33. The molecular weight excluding hydrogens is 360 g/mol. The highest BCUT2D eigenvalue weighted by molar-refractivity contribution is 7.18. The Balaban J connectivity index is 1.63. The minimum Gasteiger partial charge on any atom is -0.324 e. The van der Waals surface area contributed by atoms with E-state index < -0.39 is 0 Å². The van der Waals surface area contributed by atoms with Crippen molar-refractivity contribution in [2.45, 2.75) is 53.0 Å². The highest BCUT2D eigenvalue weighted by atomic mass is 32.1. The largest absolute Gasteiger partial charge is 0.324 e. The molecule has 27 heavy (non-hydrogen) atoms. The number of aryl methyl sites for hydroxylation is 5. The molecule has 1 N–H and O–H groups in total. The van der Waals surface area contributed by atoms with Gasteiger partial charge in [-0.15, -0.1) is 16.4 Å². The smallest absolute Gasteiger partial charge is 0.279 e. The van der Waals surface area contributed by atoms with Gasteiger partial charge in [-0.1, -0.05) is 22.9 Å². The summed E-state index contributed by atoms with van der Waals surface area (Å²) in [7, 11) is 0. The zero-order valence-electron chi connectivity index (χ0n) is 15.8. The molecule has 6 nitrogen and oxygen atoms in total. The Morgan fingerprint density at radius 2 is 1.89 bits per heavy atom. The second-order valence-corrected chi connectivity index (χ2v) is 8.35. The van der Waals surface area contributed by atoms with Crippen LogP contribution in [0.3, 0.4) is 0 Å². The first-order valence-electron chi connectivity index (χ1n) is 9.20. The van der Waals surface area contributed by atoms with E-state index in [0.29, 0.717) is 10.2 Å². The van der Waals surface area contributed by atoms with Gasteiger partial charge in [0.25, 0.3) is 5.56 Å². The summed E-state index contributed by atoms with van der Waals surface area (Å²) < 4.78 is 1.18. The van der Waals surface area contributed by atoms with Gasteiger partial charge in [0.2, 0.25) is 5.91 Å². The van der Waals surface area contributed by atoms with E-state index in [1.54, 1.807) is 11.3 Å². The molecular formula is C20H22N4O2S. The van der Waals surface area contributed by atoms with Gasteiger partial charge in [-0.05, 0) is 63.1 Å². The van der Waals surface area contributed by atoms with Crippen LogP contribution in [-0.4, -0.2) is 20.9 Å². The monoisotopic (exact) mass is 382 g/mol. The zero-order valence-corrected chi connectivity index (χ0v) is 16.6. The number of fused-ring (bicyclic) bond motifs is 3. The zero-order chi connectivity index (χ0) is 19.1. The number of aromatic nitrogens is 3. The number of carbonyl (C=O) groups is 1. The van der Waals surface area contributed by atoms with Crippen LogP contribution in [0.4, 0.5) is 5.69 Å². The average molecular weight is 382 g/mol. The maximum absolute atomic E-state index is 12.9. The number of nitrogens with one attached hydrogen (secondary N) is 1. The molecule has 140 valence electrons. The molecule has 0 aliphatic heterocycles. The van der Waals surface area contributed by atoms with E-state index in [9.17, 15) is 9.59 Å². The van der Waals surface area contributed by atoms with Crippen LogP contribution in [0, 0.1) is 20.8 Å². The summed E-state index contributed by atoms with van der Waals surface area (Å²) in [6, 6.07) is 4.05. The summed E-state index contributed by atoms with van der Waals surface area (Å²) in [5, 5.41) is 11.8. The van der Waals surface area contributed by atoms with E-state index in [-0.39, 0.29) is 18.0 Å². The highest BCUT2D eigenvalue weighted by Gasteiger charge is 2.21. The molecule has 0 saturated heterocycles. The van der Waals surface area contributed by atoms with E-state index in [1.165, 1.54) is 9.56 Å². The molecule has 1 aliphatic rings. The van der Waals surface area contributed by atoms with E-state index in [0.717, 1.165) is 53.6 Å². The van der Waals surface area contributed by atoms with Crippen LogP contribution in [0.15, 0.2) is 16.9 Å². The van der Waals surface area contributed by atoms with Gasteiger partial charge in [0.1, 0.15) is 6.54 Å². The quantitative estimate of drug-likeness (QED) is 0.754. The maximum Gasteiger partial charge on any atom is 0.279 e. The molecule has 0 spiro atoms. The number of benzene rings is 1. The van der Waals surface area contributed by atoms with Gasteiger partial charge >= 0.3 is 0 Å². The Labute approximate surface area is 161 Å². The fourth-order valence-electron chi connectivity index (χ4n) is 3.90. The topological polar surface area (TPSA) is 76.9 Å². The van der Waals surface area contributed by atoms with Crippen molar-refractivity contribution in [3.05, 3.63) is 49.6 Å². The van der Waals surface area contributed by atoms with Crippen molar-refractivity contribution in [1.29, 1.82) is 0 Å². The summed E-state index contributed by atoms with van der Waals surface area (Å²) in [5.41, 5.74) is 4.84. The van der Waals surface area contributed by atoms with Gasteiger partial charge in [0.15, 0.2) is 4.83 Å². The van der Waals surface area contributed by atoms with Gasteiger partial charge in [-0.2, -0.15) is 0 Å². The van der Waals surface area contributed by atoms with Crippen molar-refractivity contribution in [3.8, 4) is 0 Å². The number of amides is 1. The molecule has 0 unspecified atom stereocenters. The van der Waals surface area contributed by atoms with Crippen LogP contribution in [0.2, 0.25) is 0 Å². The van der Waals surface area contributed by atoms with E-state index in [1.807, 2.05) is 32.9 Å².